The first-order chi connectivity index (χ1) is 26.2. The van der Waals surface area contributed by atoms with Gasteiger partial charge in [0.2, 0.25) is 0 Å². The van der Waals surface area contributed by atoms with E-state index in [2.05, 4.69) is 20.8 Å². The fraction of sp³-hybridized carbons (Fsp3) is 0.364. The molecule has 2 aliphatic rings. The Morgan fingerprint density at radius 2 is 1.02 bits per heavy atom. The molecular formula is C44H46O10. The molecule has 1 saturated carbocycles. The number of carbonyl (C=O) groups is 4. The van der Waals surface area contributed by atoms with Crippen LogP contribution in [0.5, 0.6) is 0 Å². The van der Waals surface area contributed by atoms with E-state index in [1.807, 2.05) is 0 Å². The second-order valence-electron chi connectivity index (χ2n) is 14.2. The maximum absolute atomic E-state index is 13.9. The van der Waals surface area contributed by atoms with E-state index in [9.17, 15) is 19.2 Å². The number of hydrogen-bond donors (Lipinski definition) is 0. The SMILES string of the molecule is CC(C)[C@H]1CC[C@H](C)C[C@@H]1O[C@@H]1O[C@H](COC(=O)c2ccccc2)[C@@H](OC(=O)c2ccccc2)[C@H](OC(=O)c2ccccc2)[C@H]1OC(=O)c1ccccc1. The second-order valence-corrected chi connectivity index (χ2v) is 14.2. The molecule has 1 aliphatic heterocycles. The van der Waals surface area contributed by atoms with Crippen molar-refractivity contribution in [1.82, 2.24) is 0 Å². The quantitative estimate of drug-likeness (QED) is 0.106. The lowest BCUT2D eigenvalue weighted by Crippen LogP contribution is -2.64. The van der Waals surface area contributed by atoms with Crippen LogP contribution in [-0.2, 0) is 28.4 Å². The number of carbonyl (C=O) groups excluding carboxylic acids is 4. The minimum absolute atomic E-state index is 0.156. The molecule has 282 valence electrons. The van der Waals surface area contributed by atoms with E-state index in [0.29, 0.717) is 11.5 Å². The molecular weight excluding hydrogens is 688 g/mol. The van der Waals surface area contributed by atoms with Gasteiger partial charge in [0.05, 0.1) is 28.4 Å². The highest BCUT2D eigenvalue weighted by molar-refractivity contribution is 5.91. The summed E-state index contributed by atoms with van der Waals surface area (Å²) in [5.74, 6) is -2.09. The van der Waals surface area contributed by atoms with Crippen LogP contribution in [0.1, 0.15) is 81.5 Å². The molecule has 0 N–H and O–H groups in total. The first kappa shape index (κ1) is 38.4. The molecule has 0 spiro atoms. The number of ether oxygens (including phenoxy) is 6. The molecule has 1 saturated heterocycles. The van der Waals surface area contributed by atoms with Crippen LogP contribution >= 0.6 is 0 Å². The highest BCUT2D eigenvalue weighted by Gasteiger charge is 2.54. The van der Waals surface area contributed by atoms with Crippen molar-refractivity contribution in [2.24, 2.45) is 17.8 Å². The summed E-state index contributed by atoms with van der Waals surface area (Å²) in [6.07, 6.45) is -4.45. The van der Waals surface area contributed by atoms with Crippen molar-refractivity contribution >= 4 is 23.9 Å². The Kier molecular flexibility index (Phi) is 12.9. The molecule has 54 heavy (non-hydrogen) atoms. The second kappa shape index (κ2) is 18.1. The lowest BCUT2D eigenvalue weighted by molar-refractivity contribution is -0.315. The van der Waals surface area contributed by atoms with Crippen molar-refractivity contribution < 1.29 is 47.6 Å². The van der Waals surface area contributed by atoms with Crippen molar-refractivity contribution in [2.45, 2.75) is 76.8 Å². The van der Waals surface area contributed by atoms with Gasteiger partial charge in [-0.05, 0) is 79.1 Å². The van der Waals surface area contributed by atoms with Gasteiger partial charge in [0, 0.05) is 0 Å². The average Bonchev–Trinajstić information content (AvgIpc) is 3.20. The molecule has 10 nitrogen and oxygen atoms in total. The van der Waals surface area contributed by atoms with E-state index >= 15 is 0 Å². The van der Waals surface area contributed by atoms with Crippen LogP contribution in [0.25, 0.3) is 0 Å². The van der Waals surface area contributed by atoms with Gasteiger partial charge in [0.15, 0.2) is 24.6 Å². The molecule has 1 aliphatic carbocycles. The van der Waals surface area contributed by atoms with Crippen molar-refractivity contribution in [3.63, 3.8) is 0 Å². The van der Waals surface area contributed by atoms with Crippen molar-refractivity contribution in [3.05, 3.63) is 144 Å². The topological polar surface area (TPSA) is 124 Å². The summed E-state index contributed by atoms with van der Waals surface area (Å²) < 4.78 is 37.8. The van der Waals surface area contributed by atoms with Gasteiger partial charge in [-0.2, -0.15) is 0 Å². The van der Waals surface area contributed by atoms with E-state index in [1.54, 1.807) is 121 Å². The summed E-state index contributed by atoms with van der Waals surface area (Å²) in [4.78, 5) is 54.7. The third-order valence-electron chi connectivity index (χ3n) is 10.0. The van der Waals surface area contributed by atoms with Gasteiger partial charge in [-0.15, -0.1) is 0 Å². The van der Waals surface area contributed by atoms with E-state index < -0.39 is 61.2 Å². The van der Waals surface area contributed by atoms with Gasteiger partial charge >= 0.3 is 23.9 Å². The third kappa shape index (κ3) is 9.61. The van der Waals surface area contributed by atoms with Crippen molar-refractivity contribution in [1.29, 1.82) is 0 Å². The maximum atomic E-state index is 13.9. The zero-order valence-electron chi connectivity index (χ0n) is 30.7. The minimum Gasteiger partial charge on any atom is -0.459 e. The monoisotopic (exact) mass is 734 g/mol. The van der Waals surface area contributed by atoms with Crippen molar-refractivity contribution in [3.8, 4) is 0 Å². The largest absolute Gasteiger partial charge is 0.459 e. The van der Waals surface area contributed by atoms with Gasteiger partial charge in [-0.1, -0.05) is 100.0 Å². The summed E-state index contributed by atoms with van der Waals surface area (Å²) in [7, 11) is 0. The molecule has 0 unspecified atom stereocenters. The zero-order valence-corrected chi connectivity index (χ0v) is 30.7. The zero-order chi connectivity index (χ0) is 38.0. The summed E-state index contributed by atoms with van der Waals surface area (Å²) in [6.45, 7) is 6.03. The Bertz CT molecular complexity index is 1830. The van der Waals surface area contributed by atoms with E-state index in [-0.39, 0.29) is 34.6 Å². The normalized spacial score (nSPS) is 25.3. The summed E-state index contributed by atoms with van der Waals surface area (Å²) in [5, 5.41) is 0. The van der Waals surface area contributed by atoms with Crippen molar-refractivity contribution in [2.75, 3.05) is 6.61 Å². The summed E-state index contributed by atoms with van der Waals surface area (Å²) in [5.41, 5.74) is 0.984. The first-order valence-electron chi connectivity index (χ1n) is 18.5. The van der Waals surface area contributed by atoms with Crippen LogP contribution in [0.4, 0.5) is 0 Å². The fourth-order valence-corrected chi connectivity index (χ4v) is 7.08. The standard InChI is InChI=1S/C44H46O10/c1-28(2)34-25-24-29(3)26-35(34)50-44-39(54-43(48)33-22-14-7-15-23-33)38(53-42(47)32-20-12-6-13-21-32)37(52-41(46)31-18-10-5-11-19-31)36(51-44)27-49-40(45)30-16-8-4-9-17-30/h4-23,28-29,34-39,44H,24-27H2,1-3H3/t29-,34+,35-,36+,37+,38-,39+,44+/m0/s1. The highest BCUT2D eigenvalue weighted by atomic mass is 16.7. The summed E-state index contributed by atoms with van der Waals surface area (Å²) >= 11 is 0. The van der Waals surface area contributed by atoms with Crippen LogP contribution in [0, 0.1) is 17.8 Å². The molecule has 6 rings (SSSR count). The van der Waals surface area contributed by atoms with E-state index in [4.69, 9.17) is 28.4 Å². The maximum Gasteiger partial charge on any atom is 0.338 e. The molecule has 0 aromatic heterocycles. The lowest BCUT2D eigenvalue weighted by Gasteiger charge is -2.47. The molecule has 10 heteroatoms. The fourth-order valence-electron chi connectivity index (χ4n) is 7.08. The summed E-state index contributed by atoms with van der Waals surface area (Å²) in [6, 6.07) is 33.4. The van der Waals surface area contributed by atoms with Gasteiger partial charge in [-0.25, -0.2) is 19.2 Å². The molecule has 0 radical (unpaired) electrons. The molecule has 0 amide bonds. The highest BCUT2D eigenvalue weighted by Crippen LogP contribution is 2.39. The van der Waals surface area contributed by atoms with Gasteiger partial charge < -0.3 is 28.4 Å². The Balaban J connectivity index is 1.42. The third-order valence-corrected chi connectivity index (χ3v) is 10.0. The Hall–Kier alpha value is -5.32. The molecule has 2 fully saturated rings. The Labute approximate surface area is 315 Å². The predicted molar refractivity (Wildman–Crippen MR) is 199 cm³/mol. The minimum atomic E-state index is -1.46. The number of esters is 4. The molecule has 4 aromatic rings. The van der Waals surface area contributed by atoms with E-state index in [0.717, 1.165) is 19.3 Å². The number of benzene rings is 4. The first-order valence-corrected chi connectivity index (χ1v) is 18.5. The lowest BCUT2D eigenvalue weighted by atomic mass is 9.75. The number of rotatable bonds is 12. The predicted octanol–water partition coefficient (Wildman–Crippen LogP) is 7.72. The van der Waals surface area contributed by atoms with Crippen LogP contribution < -0.4 is 0 Å². The molecule has 4 aromatic carbocycles. The van der Waals surface area contributed by atoms with Crippen LogP contribution in [0.3, 0.4) is 0 Å². The molecule has 8 atom stereocenters. The Morgan fingerprint density at radius 3 is 1.48 bits per heavy atom. The van der Waals surface area contributed by atoms with Crippen LogP contribution in [0.2, 0.25) is 0 Å². The number of hydrogen-bond acceptors (Lipinski definition) is 10. The van der Waals surface area contributed by atoms with Crippen LogP contribution in [-0.4, -0.2) is 67.3 Å². The molecule has 1 heterocycles. The van der Waals surface area contributed by atoms with Gasteiger partial charge in [-0.3, -0.25) is 0 Å². The van der Waals surface area contributed by atoms with Gasteiger partial charge in [0.25, 0.3) is 0 Å². The van der Waals surface area contributed by atoms with Crippen LogP contribution in [0.15, 0.2) is 121 Å². The average molecular weight is 735 g/mol. The van der Waals surface area contributed by atoms with E-state index in [1.165, 1.54) is 0 Å². The Morgan fingerprint density at radius 1 is 0.593 bits per heavy atom. The smallest absolute Gasteiger partial charge is 0.338 e. The molecule has 0 bridgehead atoms. The van der Waals surface area contributed by atoms with Gasteiger partial charge in [0.1, 0.15) is 12.7 Å².